The van der Waals surface area contributed by atoms with Gasteiger partial charge in [0.15, 0.2) is 0 Å². The van der Waals surface area contributed by atoms with Crippen LogP contribution in [0.4, 0.5) is 12.9 Å². The van der Waals surface area contributed by atoms with Crippen LogP contribution in [-0.4, -0.2) is 7.54 Å². The van der Waals surface area contributed by atoms with Gasteiger partial charge >= 0.3 is 27.0 Å². The molecule has 6 aromatic carbocycles. The van der Waals surface area contributed by atoms with E-state index in [4.69, 9.17) is 0 Å². The fourth-order valence-corrected chi connectivity index (χ4v) is 13.9. The molecular weight excluding hydrogens is 864 g/mol. The number of benzene rings is 6. The van der Waals surface area contributed by atoms with Gasteiger partial charge in [-0.15, -0.1) is 0 Å². The van der Waals surface area contributed by atoms with Gasteiger partial charge in [-0.1, -0.05) is 122 Å². The molecule has 6 aliphatic carbocycles. The van der Waals surface area contributed by atoms with Gasteiger partial charge in [-0.3, -0.25) is 12.9 Å². The number of aryl methyl sites for hydroxylation is 5. The van der Waals surface area contributed by atoms with Gasteiger partial charge in [-0.25, -0.2) is 0 Å². The zero-order chi connectivity index (χ0) is 38.0. The minimum absolute atomic E-state index is 0. The molecule has 0 aliphatic heterocycles. The zero-order valence-electron chi connectivity index (χ0n) is 34.1. The molecule has 6 aromatic rings. The van der Waals surface area contributed by atoms with E-state index in [1.54, 1.807) is 10.6 Å². The number of hydrogen-bond acceptors (Lipinski definition) is 0. The second kappa shape index (κ2) is 24.4. The van der Waals surface area contributed by atoms with Crippen molar-refractivity contribution >= 4 is 55.2 Å². The Hall–Kier alpha value is -3.93. The van der Waals surface area contributed by atoms with Crippen molar-refractivity contribution in [3.05, 3.63) is 219 Å². The molecule has 0 nitrogen and oxygen atoms in total. The molecule has 0 atom stereocenters. The number of allylic oxidation sites excluding steroid dienone is 4. The molecule has 8 heteroatoms. The van der Waals surface area contributed by atoms with Gasteiger partial charge in [0.2, 0.25) is 0 Å². The largest absolute Gasteiger partial charge is 2.00 e. The molecule has 0 aromatic heterocycles. The molecule has 0 saturated carbocycles. The topological polar surface area (TPSA) is 0 Å². The van der Waals surface area contributed by atoms with E-state index >= 15 is 0 Å². The summed E-state index contributed by atoms with van der Waals surface area (Å²) < 4.78 is 29.0. The molecule has 0 amide bonds. The molecule has 6 bridgehead atoms. The number of hydrogen-bond donors (Lipinski definition) is 0. The first kappa shape index (κ1) is 49.4. The van der Waals surface area contributed by atoms with Crippen molar-refractivity contribution < 1.29 is 37.1 Å². The first-order chi connectivity index (χ1) is 27.0. The van der Waals surface area contributed by atoms with Crippen molar-refractivity contribution in [3.8, 4) is 0 Å². The van der Waals surface area contributed by atoms with E-state index < -0.39 is 23.4 Å². The van der Waals surface area contributed by atoms with Crippen LogP contribution in [-0.2, 0) is 51.6 Å². The average Bonchev–Trinajstić information content (AvgIpc) is 3.88. The fraction of sp³-hybridized carbons (Fsp3) is 0.176. The van der Waals surface area contributed by atoms with E-state index in [2.05, 4.69) is 183 Å². The molecule has 0 spiro atoms. The molecule has 0 heterocycles. The molecule has 307 valence electrons. The number of halogens is 4. The smallest absolute Gasteiger partial charge is 1.00 e. The van der Waals surface area contributed by atoms with Crippen LogP contribution in [0.5, 0.6) is 0 Å². The predicted octanol–water partition coefficient (Wildman–Crippen LogP) is 7.64. The summed E-state index contributed by atoms with van der Waals surface area (Å²) in [6.45, 7) is 2.33. The molecule has 1 radical (unpaired) electrons. The molecule has 12 rings (SSSR count). The second-order valence-corrected chi connectivity index (χ2v) is 19.3. The van der Waals surface area contributed by atoms with E-state index in [0.717, 1.165) is 43.9 Å². The first-order valence-corrected chi connectivity index (χ1v) is 22.5. The Morgan fingerprint density at radius 2 is 0.864 bits per heavy atom. The van der Waals surface area contributed by atoms with Crippen LogP contribution in [0.15, 0.2) is 176 Å². The molecule has 6 aliphatic rings. The van der Waals surface area contributed by atoms with Crippen LogP contribution < -0.4 is 36.5 Å². The monoisotopic (exact) mass is 918 g/mol. The maximum atomic E-state index is 9.67. The van der Waals surface area contributed by atoms with E-state index in [-0.39, 0.29) is 39.0 Å². The third-order valence-electron chi connectivity index (χ3n) is 10.9. The minimum Gasteiger partial charge on any atom is -1.00 e. The van der Waals surface area contributed by atoms with Gasteiger partial charge in [-0.2, -0.15) is 0 Å². The van der Waals surface area contributed by atoms with Crippen LogP contribution in [0, 0.1) is 26.7 Å². The summed E-state index contributed by atoms with van der Waals surface area (Å²) in [5.41, 5.74) is 7.57. The van der Waals surface area contributed by atoms with Gasteiger partial charge in [0.1, 0.15) is 31.8 Å². The summed E-state index contributed by atoms with van der Waals surface area (Å²) in [5, 5.41) is 9.01. The summed E-state index contributed by atoms with van der Waals surface area (Å²) in [6.07, 6.45) is 15.9. The van der Waals surface area contributed by atoms with Gasteiger partial charge in [0.25, 0.3) is 0 Å². The summed E-state index contributed by atoms with van der Waals surface area (Å²) in [6, 6.07) is 57.7. The standard InChI is InChI=1S/C42H38P2.C7H8.2CH3.BF3.FH.Rh/c1-2-33-30-36-26-24-32-23-25-34(41(29-32)43(37-15-7-3-8-16-37)38-17-9-4-10-18-38)27-28-35(33)31-42(36)44(39-19-11-5-12-20-39)40-21-13-6-14-22-40;1-2-7-4-3-6(1)5-7;;;2-1(3)4;;/h3-23,25,29-31H,2,24,26-28H2,1H3;1-4,6-7H,5H2;2*1H3;;1H;/q;;2*-1;;;+2/p+1. The summed E-state index contributed by atoms with van der Waals surface area (Å²) in [4.78, 5) is 0. The van der Waals surface area contributed by atoms with Crippen molar-refractivity contribution in [2.75, 3.05) is 0 Å². The Morgan fingerprint density at radius 3 is 1.24 bits per heavy atom. The SMILES string of the molecule is C1=CC2C=CC1C2.CCc1cc2c([PH+](c3ccccc3)c3ccccc3)cc1CCc1ccc(cc1[PH+](c1ccccc1)c1ccccc1)CC2.FB(F)F.[CH3-].[CH3-].[F-].[Rh+2]. The molecular formula is C51H54BF4P2Rh+. The quantitative estimate of drug-likeness (QED) is 0.0509. The minimum atomic E-state index is -3.67. The first-order valence-electron chi connectivity index (χ1n) is 19.5. The molecule has 0 unspecified atom stereocenters. The Bertz CT molecular complexity index is 2090. The average molecular weight is 919 g/mol. The van der Waals surface area contributed by atoms with Crippen LogP contribution >= 0.6 is 15.8 Å². The number of fused-ring (bicyclic) bond motifs is 2. The van der Waals surface area contributed by atoms with Crippen molar-refractivity contribution in [2.45, 2.75) is 45.4 Å². The molecule has 0 N–H and O–H groups in total. The van der Waals surface area contributed by atoms with E-state index in [9.17, 15) is 12.9 Å². The van der Waals surface area contributed by atoms with E-state index in [0.29, 0.717) is 0 Å². The van der Waals surface area contributed by atoms with Crippen molar-refractivity contribution in [3.63, 3.8) is 0 Å². The number of rotatable bonds is 7. The normalized spacial score (nSPS) is 15.2. The van der Waals surface area contributed by atoms with Crippen molar-refractivity contribution in [1.29, 1.82) is 0 Å². The molecule has 59 heavy (non-hydrogen) atoms. The van der Waals surface area contributed by atoms with Crippen LogP contribution in [0.3, 0.4) is 0 Å². The third kappa shape index (κ3) is 12.8. The van der Waals surface area contributed by atoms with Crippen LogP contribution in [0.1, 0.15) is 41.2 Å². The predicted molar refractivity (Wildman–Crippen MR) is 249 cm³/mol. The second-order valence-electron chi connectivity index (χ2n) is 14.4. The van der Waals surface area contributed by atoms with Crippen molar-refractivity contribution in [2.24, 2.45) is 11.8 Å². The van der Waals surface area contributed by atoms with Gasteiger partial charge in [0, 0.05) is 0 Å². The van der Waals surface area contributed by atoms with E-state index in [1.807, 2.05) is 0 Å². The van der Waals surface area contributed by atoms with Gasteiger partial charge in [0.05, 0.1) is 15.8 Å². The fourth-order valence-electron chi connectivity index (χ4n) is 8.22. The Labute approximate surface area is 366 Å². The summed E-state index contributed by atoms with van der Waals surface area (Å²) in [7, 11) is -5.94. The Morgan fingerprint density at radius 1 is 0.492 bits per heavy atom. The summed E-state index contributed by atoms with van der Waals surface area (Å²) in [5.74, 6) is 1.62. The molecule has 0 fully saturated rings. The third-order valence-corrected chi connectivity index (χ3v) is 16.5. The zero-order valence-corrected chi connectivity index (χ0v) is 37.7. The maximum Gasteiger partial charge on any atom is 2.00 e. The van der Waals surface area contributed by atoms with Crippen LogP contribution in [0.25, 0.3) is 0 Å². The Balaban J connectivity index is 0.000000540. The van der Waals surface area contributed by atoms with Gasteiger partial charge in [-0.05, 0) is 139 Å². The van der Waals surface area contributed by atoms with Crippen LogP contribution in [0.2, 0.25) is 0 Å². The van der Waals surface area contributed by atoms with Gasteiger partial charge < -0.3 is 19.6 Å². The van der Waals surface area contributed by atoms with E-state index in [1.165, 1.54) is 55.5 Å². The summed E-state index contributed by atoms with van der Waals surface area (Å²) >= 11 is 0. The molecule has 0 saturated heterocycles. The van der Waals surface area contributed by atoms with Crippen molar-refractivity contribution in [1.82, 2.24) is 0 Å². The maximum absolute atomic E-state index is 9.67. The Kier molecular flexibility index (Phi) is 20.4.